The number of terminal acetylenes is 1. The van der Waals surface area contributed by atoms with Crippen molar-refractivity contribution in [1.29, 1.82) is 0 Å². The van der Waals surface area contributed by atoms with E-state index >= 15 is 0 Å². The SMILES string of the molecule is C#Cc1ccc(OC(F)F)c(C)c1.Cc1cc(C#Cc2ccc(F)c(Br)c2)ccc1OC(F)F.Fc1ccc(I)cc1Br. The van der Waals surface area contributed by atoms with Gasteiger partial charge in [-0.1, -0.05) is 17.8 Å². The summed E-state index contributed by atoms with van der Waals surface area (Å²) in [6.07, 6.45) is 5.13. The first-order valence-electron chi connectivity index (χ1n) is 11.9. The highest BCUT2D eigenvalue weighted by molar-refractivity contribution is 14.1. The molecule has 4 aromatic rings. The summed E-state index contributed by atoms with van der Waals surface area (Å²) in [5, 5.41) is 0. The second kappa shape index (κ2) is 17.9. The third-order valence-corrected chi connectivity index (χ3v) is 6.99. The van der Waals surface area contributed by atoms with Gasteiger partial charge >= 0.3 is 13.2 Å². The summed E-state index contributed by atoms with van der Waals surface area (Å²) in [6, 6.07) is 18.7. The fraction of sp³-hybridized carbons (Fsp3) is 0.125. The fourth-order valence-electron chi connectivity index (χ4n) is 3.11. The van der Waals surface area contributed by atoms with Crippen LogP contribution in [0.2, 0.25) is 0 Å². The molecule has 0 amide bonds. The Bertz CT molecular complexity index is 1650. The molecule has 0 aliphatic rings. The zero-order valence-corrected chi connectivity index (χ0v) is 27.7. The minimum absolute atomic E-state index is 0.125. The lowest BCUT2D eigenvalue weighted by atomic mass is 10.1. The van der Waals surface area contributed by atoms with Crippen molar-refractivity contribution < 1.29 is 35.8 Å². The minimum Gasteiger partial charge on any atom is -0.435 e. The van der Waals surface area contributed by atoms with Crippen molar-refractivity contribution in [1.82, 2.24) is 0 Å². The van der Waals surface area contributed by atoms with Crippen LogP contribution in [-0.2, 0) is 0 Å². The third-order valence-electron chi connectivity index (χ3n) is 5.10. The van der Waals surface area contributed by atoms with E-state index in [9.17, 15) is 26.3 Å². The molecular weight excluding hydrogens is 817 g/mol. The molecule has 224 valence electrons. The Morgan fingerprint density at radius 1 is 0.651 bits per heavy atom. The zero-order valence-electron chi connectivity index (χ0n) is 22.4. The first kappa shape index (κ1) is 36.1. The van der Waals surface area contributed by atoms with E-state index in [-0.39, 0.29) is 23.1 Å². The summed E-state index contributed by atoms with van der Waals surface area (Å²) in [6.45, 7) is -2.32. The summed E-state index contributed by atoms with van der Waals surface area (Å²) in [7, 11) is 0. The molecule has 4 aromatic carbocycles. The molecule has 0 spiro atoms. The maximum Gasteiger partial charge on any atom is 0.387 e. The highest BCUT2D eigenvalue weighted by atomic mass is 127. The first-order valence-corrected chi connectivity index (χ1v) is 14.6. The van der Waals surface area contributed by atoms with E-state index in [1.807, 2.05) is 0 Å². The number of halogens is 9. The van der Waals surface area contributed by atoms with E-state index in [0.717, 1.165) is 3.57 Å². The molecule has 0 atom stereocenters. The van der Waals surface area contributed by atoms with Crippen molar-refractivity contribution in [2.75, 3.05) is 0 Å². The Morgan fingerprint density at radius 2 is 1.07 bits per heavy atom. The van der Waals surface area contributed by atoms with Crippen LogP contribution in [0, 0.1) is 53.2 Å². The van der Waals surface area contributed by atoms with Crippen LogP contribution in [0.5, 0.6) is 11.5 Å². The molecule has 0 aromatic heterocycles. The summed E-state index contributed by atoms with van der Waals surface area (Å²) in [5.74, 6) is 7.90. The number of hydrogen-bond acceptors (Lipinski definition) is 2. The highest BCUT2D eigenvalue weighted by Gasteiger charge is 2.08. The van der Waals surface area contributed by atoms with Gasteiger partial charge in [-0.25, -0.2) is 8.78 Å². The second-order valence-corrected chi connectivity index (χ2v) is 11.3. The van der Waals surface area contributed by atoms with Crippen LogP contribution in [0.3, 0.4) is 0 Å². The maximum atomic E-state index is 13.1. The van der Waals surface area contributed by atoms with Crippen molar-refractivity contribution >= 4 is 54.5 Å². The Hall–Kier alpha value is -3.13. The van der Waals surface area contributed by atoms with Crippen molar-refractivity contribution in [3.63, 3.8) is 0 Å². The normalized spacial score (nSPS) is 9.95. The molecular formula is C32H21Br2F6IO2. The number of ether oxygens (including phenoxy) is 2. The van der Waals surface area contributed by atoms with E-state index in [1.54, 1.807) is 62.4 Å². The van der Waals surface area contributed by atoms with E-state index in [4.69, 9.17) is 6.42 Å². The number of rotatable bonds is 4. The van der Waals surface area contributed by atoms with Gasteiger partial charge in [-0.2, -0.15) is 17.6 Å². The molecule has 11 heteroatoms. The van der Waals surface area contributed by atoms with Gasteiger partial charge in [-0.3, -0.25) is 0 Å². The lowest BCUT2D eigenvalue weighted by molar-refractivity contribution is -0.0509. The predicted molar refractivity (Wildman–Crippen MR) is 170 cm³/mol. The van der Waals surface area contributed by atoms with E-state index < -0.39 is 13.2 Å². The largest absolute Gasteiger partial charge is 0.435 e. The van der Waals surface area contributed by atoms with E-state index in [1.165, 1.54) is 24.3 Å². The quantitative estimate of drug-likeness (QED) is 0.0882. The molecule has 4 rings (SSSR count). The predicted octanol–water partition coefficient (Wildman–Crippen LogP) is 10.7. The van der Waals surface area contributed by atoms with Crippen LogP contribution in [0.25, 0.3) is 0 Å². The van der Waals surface area contributed by atoms with Gasteiger partial charge in [0, 0.05) is 20.3 Å². The van der Waals surface area contributed by atoms with Crippen LogP contribution in [0.1, 0.15) is 27.8 Å². The Balaban J connectivity index is 0.000000249. The van der Waals surface area contributed by atoms with Crippen molar-refractivity contribution in [3.8, 4) is 35.7 Å². The number of alkyl halides is 4. The van der Waals surface area contributed by atoms with Gasteiger partial charge in [0.1, 0.15) is 23.1 Å². The van der Waals surface area contributed by atoms with Crippen molar-refractivity contribution in [3.05, 3.63) is 125 Å². The molecule has 0 saturated heterocycles. The monoisotopic (exact) mass is 836 g/mol. The fourth-order valence-corrected chi connectivity index (χ4v) is 4.79. The average molecular weight is 838 g/mol. The maximum absolute atomic E-state index is 13.1. The standard InChI is InChI=1S/C16H10BrF3O.C10H8F2O.C6H3BrFI/c1-10-8-11(5-7-15(10)21-16(19)20)2-3-12-4-6-14(18)13(17)9-12;1-3-8-4-5-9(7(2)6-8)13-10(11)12;7-5-3-4(9)1-2-6(5)8/h4-9,16H,1H3;1,4-6,10H,2H3;1-3H. The van der Waals surface area contributed by atoms with Crippen molar-refractivity contribution in [2.45, 2.75) is 27.1 Å². The minimum atomic E-state index is -2.85. The Labute approximate surface area is 276 Å². The molecule has 0 heterocycles. The zero-order chi connectivity index (χ0) is 32.1. The number of aryl methyl sites for hydroxylation is 2. The van der Waals surface area contributed by atoms with Gasteiger partial charge in [-0.15, -0.1) is 6.42 Å². The van der Waals surface area contributed by atoms with Crippen LogP contribution < -0.4 is 9.47 Å². The molecule has 0 aliphatic heterocycles. The lowest BCUT2D eigenvalue weighted by Crippen LogP contribution is -2.03. The Morgan fingerprint density at radius 3 is 1.49 bits per heavy atom. The topological polar surface area (TPSA) is 18.5 Å². The van der Waals surface area contributed by atoms with Crippen LogP contribution >= 0.6 is 54.5 Å². The van der Waals surface area contributed by atoms with Gasteiger partial charge in [-0.05, 0) is 152 Å². The third kappa shape index (κ3) is 13.0. The molecule has 0 unspecified atom stereocenters. The van der Waals surface area contributed by atoms with Gasteiger partial charge in [0.25, 0.3) is 0 Å². The first-order chi connectivity index (χ1) is 20.3. The molecule has 0 saturated carbocycles. The second-order valence-electron chi connectivity index (χ2n) is 8.30. The van der Waals surface area contributed by atoms with E-state index in [0.29, 0.717) is 36.8 Å². The molecule has 0 bridgehead atoms. The highest BCUT2D eigenvalue weighted by Crippen LogP contribution is 2.22. The van der Waals surface area contributed by atoms with Crippen LogP contribution in [-0.4, -0.2) is 13.2 Å². The van der Waals surface area contributed by atoms with Gasteiger partial charge in [0.15, 0.2) is 0 Å². The molecule has 0 fully saturated rings. The van der Waals surface area contributed by atoms with Crippen molar-refractivity contribution in [2.24, 2.45) is 0 Å². The number of benzene rings is 4. The number of hydrogen-bond donors (Lipinski definition) is 0. The smallest absolute Gasteiger partial charge is 0.387 e. The summed E-state index contributed by atoms with van der Waals surface area (Å²) in [4.78, 5) is 0. The summed E-state index contributed by atoms with van der Waals surface area (Å²) in [5.41, 5.74) is 3.14. The van der Waals surface area contributed by atoms with Gasteiger partial charge in [0.05, 0.1) is 8.95 Å². The summed E-state index contributed by atoms with van der Waals surface area (Å²) >= 11 is 8.28. The molecule has 0 N–H and O–H groups in total. The summed E-state index contributed by atoms with van der Waals surface area (Å²) < 4.78 is 84.0. The molecule has 0 radical (unpaired) electrons. The molecule has 43 heavy (non-hydrogen) atoms. The van der Waals surface area contributed by atoms with E-state index in [2.05, 4.69) is 81.7 Å². The lowest BCUT2D eigenvalue weighted by Gasteiger charge is -2.07. The molecule has 0 aliphatic carbocycles. The van der Waals surface area contributed by atoms with Gasteiger partial charge < -0.3 is 9.47 Å². The van der Waals surface area contributed by atoms with Gasteiger partial charge in [0.2, 0.25) is 0 Å². The Kier molecular flexibility index (Phi) is 15.0. The average Bonchev–Trinajstić information content (AvgIpc) is 2.94. The molecule has 2 nitrogen and oxygen atoms in total. The van der Waals surface area contributed by atoms with Crippen LogP contribution in [0.4, 0.5) is 26.3 Å². The van der Waals surface area contributed by atoms with Crippen LogP contribution in [0.15, 0.2) is 81.7 Å².